The lowest BCUT2D eigenvalue weighted by atomic mass is 9.94. The van der Waals surface area contributed by atoms with E-state index in [2.05, 4.69) is 9.88 Å². The van der Waals surface area contributed by atoms with Crippen LogP contribution in [-0.4, -0.2) is 90.7 Å². The Morgan fingerprint density at radius 1 is 1.13 bits per heavy atom. The molecule has 204 valence electrons. The Bertz CT molecular complexity index is 1230. The summed E-state index contributed by atoms with van der Waals surface area (Å²) in [5.41, 5.74) is 2.13. The second kappa shape index (κ2) is 11.8. The first kappa shape index (κ1) is 27.4. The number of aliphatic hydroxyl groups excluding tert-OH is 1. The predicted molar refractivity (Wildman–Crippen MR) is 140 cm³/mol. The molecule has 0 aliphatic carbocycles. The number of aryl methyl sites for hydroxylation is 1. The number of rotatable bonds is 9. The Kier molecular flexibility index (Phi) is 8.53. The third-order valence-electron chi connectivity index (χ3n) is 7.10. The maximum Gasteiger partial charge on any atom is 0.355 e. The molecule has 0 bridgehead atoms. The van der Waals surface area contributed by atoms with Crippen molar-refractivity contribution in [2.24, 2.45) is 0 Å². The van der Waals surface area contributed by atoms with Gasteiger partial charge in [0.1, 0.15) is 17.2 Å². The number of ketones is 1. The third-order valence-corrected chi connectivity index (χ3v) is 7.10. The number of aromatic amines is 1. The molecule has 2 saturated heterocycles. The quantitative estimate of drug-likeness (QED) is 0.222. The van der Waals surface area contributed by atoms with E-state index in [4.69, 9.17) is 14.2 Å². The van der Waals surface area contributed by atoms with Crippen molar-refractivity contribution in [1.82, 2.24) is 14.8 Å². The molecule has 0 radical (unpaired) electrons. The SMILES string of the molecule is CCOC(=O)c1[nH]c(C)c(/C(O)=C2\C(=O)C(=O)N(CCCN3CCOCC3)[C@H]2c2ccc(OC)cc2)c1C. The standard InChI is InChI=1S/C28H35N3O7/c1-5-38-28(35)23-17(2)21(18(3)29-23)25(32)22-24(19-7-9-20(36-4)10-8-19)31(27(34)26(22)33)12-6-11-30-13-15-37-16-14-30/h7-10,24,29,32H,5-6,11-16H2,1-4H3/b25-22+/t24-/m0/s1. The smallest absolute Gasteiger partial charge is 0.355 e. The van der Waals surface area contributed by atoms with E-state index in [-0.39, 0.29) is 23.6 Å². The zero-order valence-electron chi connectivity index (χ0n) is 22.3. The first-order chi connectivity index (χ1) is 18.3. The van der Waals surface area contributed by atoms with Crippen molar-refractivity contribution in [3.63, 3.8) is 0 Å². The van der Waals surface area contributed by atoms with Crippen LogP contribution in [-0.2, 0) is 19.1 Å². The number of nitrogens with one attached hydrogen (secondary N) is 1. The van der Waals surface area contributed by atoms with E-state index in [1.807, 2.05) is 0 Å². The molecule has 0 unspecified atom stereocenters. The lowest BCUT2D eigenvalue weighted by molar-refractivity contribution is -0.140. The normalized spacial score (nSPS) is 19.7. The fraction of sp³-hybridized carbons (Fsp3) is 0.464. The number of ether oxygens (including phenoxy) is 3. The van der Waals surface area contributed by atoms with Gasteiger partial charge >= 0.3 is 5.97 Å². The summed E-state index contributed by atoms with van der Waals surface area (Å²) in [6, 6.07) is 6.31. The number of nitrogens with zero attached hydrogens (tertiary/aromatic N) is 2. The van der Waals surface area contributed by atoms with Crippen LogP contribution in [0.25, 0.3) is 5.76 Å². The van der Waals surface area contributed by atoms with Gasteiger partial charge < -0.3 is 29.2 Å². The summed E-state index contributed by atoms with van der Waals surface area (Å²) in [6.07, 6.45) is 0.662. The van der Waals surface area contributed by atoms with Crippen LogP contribution in [0.1, 0.15) is 52.3 Å². The van der Waals surface area contributed by atoms with Gasteiger partial charge in [0.25, 0.3) is 11.7 Å². The van der Waals surface area contributed by atoms with Crippen LogP contribution in [0.4, 0.5) is 0 Å². The molecule has 2 N–H and O–H groups in total. The minimum Gasteiger partial charge on any atom is -0.507 e. The second-order valence-electron chi connectivity index (χ2n) is 9.42. The maximum absolute atomic E-state index is 13.4. The van der Waals surface area contributed by atoms with Gasteiger partial charge in [-0.3, -0.25) is 14.5 Å². The fourth-order valence-electron chi connectivity index (χ4n) is 5.18. The van der Waals surface area contributed by atoms with Crippen LogP contribution in [0, 0.1) is 13.8 Å². The number of methoxy groups -OCH3 is 1. The molecule has 3 heterocycles. The summed E-state index contributed by atoms with van der Waals surface area (Å²) in [5.74, 6) is -1.66. The molecule has 2 aliphatic rings. The number of likely N-dealkylation sites (tertiary alicyclic amines) is 1. The zero-order chi connectivity index (χ0) is 27.4. The van der Waals surface area contributed by atoms with Crippen molar-refractivity contribution in [1.29, 1.82) is 0 Å². The van der Waals surface area contributed by atoms with Crippen LogP contribution in [0.2, 0.25) is 0 Å². The molecule has 2 aromatic rings. The zero-order valence-corrected chi connectivity index (χ0v) is 22.3. The van der Waals surface area contributed by atoms with Crippen molar-refractivity contribution < 1.29 is 33.7 Å². The number of esters is 1. The fourth-order valence-corrected chi connectivity index (χ4v) is 5.18. The number of benzene rings is 1. The van der Waals surface area contributed by atoms with Crippen molar-refractivity contribution in [3.8, 4) is 5.75 Å². The highest BCUT2D eigenvalue weighted by molar-refractivity contribution is 6.46. The van der Waals surface area contributed by atoms with E-state index in [0.29, 0.717) is 54.3 Å². The van der Waals surface area contributed by atoms with E-state index in [1.165, 1.54) is 4.90 Å². The van der Waals surface area contributed by atoms with E-state index in [1.54, 1.807) is 52.1 Å². The van der Waals surface area contributed by atoms with Gasteiger partial charge in [-0.05, 0) is 50.5 Å². The Morgan fingerprint density at radius 2 is 1.82 bits per heavy atom. The number of Topliss-reactive ketones (excluding diaryl/α,β-unsaturated/α-hetero) is 1. The van der Waals surface area contributed by atoms with Crippen molar-refractivity contribution in [3.05, 3.63) is 57.9 Å². The second-order valence-corrected chi connectivity index (χ2v) is 9.42. The number of morpholine rings is 1. The third kappa shape index (κ3) is 5.32. The first-order valence-electron chi connectivity index (χ1n) is 12.9. The summed E-state index contributed by atoms with van der Waals surface area (Å²) in [6.45, 7) is 9.40. The molecule has 0 saturated carbocycles. The molecule has 10 heteroatoms. The minimum absolute atomic E-state index is 0.00727. The summed E-state index contributed by atoms with van der Waals surface area (Å²) in [4.78, 5) is 45.9. The topological polar surface area (TPSA) is 121 Å². The highest BCUT2D eigenvalue weighted by atomic mass is 16.5. The lowest BCUT2D eigenvalue weighted by Gasteiger charge is -2.29. The number of carbonyl (C=O) groups excluding carboxylic acids is 3. The molecule has 0 spiro atoms. The molecule has 10 nitrogen and oxygen atoms in total. The minimum atomic E-state index is -0.787. The molecular weight excluding hydrogens is 490 g/mol. The predicted octanol–water partition coefficient (Wildman–Crippen LogP) is 2.96. The number of H-pyrrole nitrogens is 1. The van der Waals surface area contributed by atoms with E-state index in [9.17, 15) is 19.5 Å². The number of aliphatic hydroxyl groups is 1. The molecule has 4 rings (SSSR count). The van der Waals surface area contributed by atoms with Crippen LogP contribution in [0.15, 0.2) is 29.8 Å². The number of hydrogen-bond donors (Lipinski definition) is 2. The van der Waals surface area contributed by atoms with Gasteiger partial charge in [0.2, 0.25) is 0 Å². The Balaban J connectivity index is 1.73. The number of amides is 1. The molecule has 1 amide bonds. The molecule has 38 heavy (non-hydrogen) atoms. The highest BCUT2D eigenvalue weighted by Crippen LogP contribution is 2.41. The number of aromatic nitrogens is 1. The summed E-state index contributed by atoms with van der Waals surface area (Å²) >= 11 is 0. The molecule has 2 fully saturated rings. The molecular formula is C28H35N3O7. The van der Waals surface area contributed by atoms with Crippen molar-refractivity contribution >= 4 is 23.4 Å². The van der Waals surface area contributed by atoms with Crippen LogP contribution in [0.3, 0.4) is 0 Å². The van der Waals surface area contributed by atoms with Crippen LogP contribution in [0.5, 0.6) is 5.75 Å². The Morgan fingerprint density at radius 3 is 2.45 bits per heavy atom. The van der Waals surface area contributed by atoms with Gasteiger partial charge in [0, 0.05) is 37.4 Å². The van der Waals surface area contributed by atoms with Gasteiger partial charge in [0.05, 0.1) is 38.5 Å². The largest absolute Gasteiger partial charge is 0.507 e. The van der Waals surface area contributed by atoms with Gasteiger partial charge in [-0.2, -0.15) is 0 Å². The average molecular weight is 526 g/mol. The van der Waals surface area contributed by atoms with E-state index in [0.717, 1.165) is 19.6 Å². The highest BCUT2D eigenvalue weighted by Gasteiger charge is 2.46. The molecule has 1 aromatic carbocycles. The monoisotopic (exact) mass is 525 g/mol. The average Bonchev–Trinajstić information content (AvgIpc) is 3.36. The van der Waals surface area contributed by atoms with Crippen molar-refractivity contribution in [2.75, 3.05) is 53.1 Å². The first-order valence-corrected chi connectivity index (χ1v) is 12.9. The van der Waals surface area contributed by atoms with Crippen molar-refractivity contribution in [2.45, 2.75) is 33.2 Å². The molecule has 2 aliphatic heterocycles. The summed E-state index contributed by atoms with van der Waals surface area (Å²) < 4.78 is 15.8. The Hall–Kier alpha value is -3.63. The number of carbonyl (C=O) groups is 3. The van der Waals surface area contributed by atoms with Gasteiger partial charge in [-0.15, -0.1) is 0 Å². The van der Waals surface area contributed by atoms with Crippen LogP contribution < -0.4 is 4.74 Å². The van der Waals surface area contributed by atoms with Gasteiger partial charge in [-0.25, -0.2) is 4.79 Å². The van der Waals surface area contributed by atoms with Gasteiger partial charge in [0.15, 0.2) is 0 Å². The molecule has 1 atom stereocenters. The Labute approximate surface area is 222 Å². The summed E-state index contributed by atoms with van der Waals surface area (Å²) in [7, 11) is 1.56. The number of hydrogen-bond acceptors (Lipinski definition) is 8. The molecule has 1 aromatic heterocycles. The summed E-state index contributed by atoms with van der Waals surface area (Å²) in [5, 5.41) is 11.5. The maximum atomic E-state index is 13.4. The van der Waals surface area contributed by atoms with Crippen LogP contribution >= 0.6 is 0 Å². The lowest BCUT2D eigenvalue weighted by Crippen LogP contribution is -2.38. The van der Waals surface area contributed by atoms with Gasteiger partial charge in [-0.1, -0.05) is 12.1 Å². The van der Waals surface area contributed by atoms with E-state index >= 15 is 0 Å². The van der Waals surface area contributed by atoms with E-state index < -0.39 is 23.7 Å².